The van der Waals surface area contributed by atoms with Gasteiger partial charge in [0.15, 0.2) is 0 Å². The lowest BCUT2D eigenvalue weighted by Crippen LogP contribution is -2.11. The van der Waals surface area contributed by atoms with E-state index in [4.69, 9.17) is 0 Å². The molecule has 0 aliphatic carbocycles. The molecule has 0 bridgehead atoms. The fourth-order valence-corrected chi connectivity index (χ4v) is 4.01. The van der Waals surface area contributed by atoms with Crippen molar-refractivity contribution in [1.82, 2.24) is 4.57 Å². The van der Waals surface area contributed by atoms with Gasteiger partial charge in [-0.2, -0.15) is 0 Å². The van der Waals surface area contributed by atoms with E-state index in [1.165, 1.54) is 11.3 Å². The summed E-state index contributed by atoms with van der Waals surface area (Å²) in [6.45, 7) is 6.54. The molecule has 0 aliphatic rings. The van der Waals surface area contributed by atoms with Gasteiger partial charge in [0.05, 0.1) is 5.56 Å². The smallest absolute Gasteiger partial charge is 0.258 e. The molecule has 2 heterocycles. The molecule has 4 nitrogen and oxygen atoms in total. The van der Waals surface area contributed by atoms with Gasteiger partial charge in [0.25, 0.3) is 5.91 Å². The Bertz CT molecular complexity index is 1220. The molecule has 29 heavy (non-hydrogen) atoms. The summed E-state index contributed by atoms with van der Waals surface area (Å²) in [5.41, 5.74) is 4.56. The number of aliphatic imine (C=N–C) groups is 1. The van der Waals surface area contributed by atoms with Crippen LogP contribution in [0.15, 0.2) is 83.8 Å². The quantitative estimate of drug-likeness (QED) is 0.304. The van der Waals surface area contributed by atoms with Crippen molar-refractivity contribution in [3.05, 3.63) is 95.5 Å². The van der Waals surface area contributed by atoms with E-state index in [1.807, 2.05) is 67.1 Å². The van der Waals surface area contributed by atoms with Crippen molar-refractivity contribution >= 4 is 45.0 Å². The van der Waals surface area contributed by atoms with Crippen LogP contribution in [-0.4, -0.2) is 16.7 Å². The number of allylic oxidation sites excluding steroid dienone is 1. The molecule has 0 saturated carbocycles. The zero-order valence-corrected chi connectivity index (χ0v) is 16.9. The third-order valence-corrected chi connectivity index (χ3v) is 5.57. The number of para-hydroxylation sites is 2. The molecule has 1 N–H and O–H groups in total. The molecule has 2 aromatic carbocycles. The summed E-state index contributed by atoms with van der Waals surface area (Å²) in [6, 6.07) is 17.8. The molecule has 0 saturated heterocycles. The summed E-state index contributed by atoms with van der Waals surface area (Å²) in [5.74, 6) is -0.151. The second kappa shape index (κ2) is 8.29. The highest BCUT2D eigenvalue weighted by atomic mass is 32.1. The normalized spacial score (nSPS) is 11.2. The molecule has 1 amide bonds. The van der Waals surface area contributed by atoms with Gasteiger partial charge < -0.3 is 9.88 Å². The summed E-state index contributed by atoms with van der Waals surface area (Å²) >= 11 is 1.45. The van der Waals surface area contributed by atoms with Crippen LogP contribution in [0.1, 0.15) is 21.5 Å². The van der Waals surface area contributed by atoms with Crippen LogP contribution in [0.3, 0.4) is 0 Å². The number of hydrogen-bond donors (Lipinski definition) is 1. The number of thiophene rings is 1. The number of benzene rings is 2. The van der Waals surface area contributed by atoms with E-state index in [1.54, 1.807) is 0 Å². The van der Waals surface area contributed by atoms with Crippen LogP contribution in [0.5, 0.6) is 0 Å². The molecule has 0 radical (unpaired) electrons. The Balaban J connectivity index is 1.62. The Kier molecular flexibility index (Phi) is 5.40. The van der Waals surface area contributed by atoms with Crippen molar-refractivity contribution in [2.24, 2.45) is 4.99 Å². The third-order valence-electron chi connectivity index (χ3n) is 4.75. The standard InChI is InChI=1S/C24H21N3OS/c1-3-13-27-16-18(19-9-5-7-11-22(19)27)15-25-24-20(12-14-29-24)23(28)26-21-10-6-4-8-17(21)2/h3-12,14-16H,1,13H2,2H3,(H,26,28)/b25-15+. The molecule has 0 unspecified atom stereocenters. The van der Waals surface area contributed by atoms with Gasteiger partial charge in [-0.3, -0.25) is 4.79 Å². The fourth-order valence-electron chi connectivity index (χ4n) is 3.27. The van der Waals surface area contributed by atoms with Gasteiger partial charge in [-0.25, -0.2) is 4.99 Å². The van der Waals surface area contributed by atoms with Crippen molar-refractivity contribution in [2.45, 2.75) is 13.5 Å². The number of amides is 1. The summed E-state index contributed by atoms with van der Waals surface area (Å²) in [5, 5.41) is 6.69. The van der Waals surface area contributed by atoms with E-state index >= 15 is 0 Å². The van der Waals surface area contributed by atoms with Crippen molar-refractivity contribution in [3.63, 3.8) is 0 Å². The number of nitrogens with one attached hydrogen (secondary N) is 1. The minimum absolute atomic E-state index is 0.151. The van der Waals surface area contributed by atoms with E-state index in [9.17, 15) is 4.79 Å². The van der Waals surface area contributed by atoms with Crippen LogP contribution in [-0.2, 0) is 6.54 Å². The van der Waals surface area contributed by atoms with Gasteiger partial charge in [-0.1, -0.05) is 42.5 Å². The van der Waals surface area contributed by atoms with Crippen LogP contribution in [0.25, 0.3) is 10.9 Å². The number of aromatic nitrogens is 1. The highest BCUT2D eigenvalue weighted by molar-refractivity contribution is 7.14. The van der Waals surface area contributed by atoms with Gasteiger partial charge in [0, 0.05) is 41.1 Å². The lowest BCUT2D eigenvalue weighted by Gasteiger charge is -2.07. The number of nitrogens with zero attached hydrogens (tertiary/aromatic N) is 2. The zero-order valence-electron chi connectivity index (χ0n) is 16.1. The zero-order chi connectivity index (χ0) is 20.2. The molecule has 4 rings (SSSR count). The van der Waals surface area contributed by atoms with Crippen LogP contribution >= 0.6 is 11.3 Å². The van der Waals surface area contributed by atoms with E-state index in [0.29, 0.717) is 10.6 Å². The number of anilines is 1. The Morgan fingerprint density at radius 1 is 1.17 bits per heavy atom. The molecule has 144 valence electrons. The molecule has 0 aliphatic heterocycles. The second-order valence-electron chi connectivity index (χ2n) is 6.71. The van der Waals surface area contributed by atoms with Crippen LogP contribution in [0.4, 0.5) is 10.7 Å². The molecular formula is C24H21N3OS. The van der Waals surface area contributed by atoms with E-state index in [0.717, 1.165) is 34.3 Å². The Morgan fingerprint density at radius 2 is 1.97 bits per heavy atom. The Morgan fingerprint density at radius 3 is 2.79 bits per heavy atom. The Labute approximate surface area is 173 Å². The predicted molar refractivity (Wildman–Crippen MR) is 123 cm³/mol. The first-order chi connectivity index (χ1) is 14.2. The lowest BCUT2D eigenvalue weighted by molar-refractivity contribution is 0.102. The molecule has 0 atom stereocenters. The molecule has 5 heteroatoms. The highest BCUT2D eigenvalue weighted by Crippen LogP contribution is 2.29. The van der Waals surface area contributed by atoms with Crippen LogP contribution in [0.2, 0.25) is 0 Å². The summed E-state index contributed by atoms with van der Waals surface area (Å²) in [4.78, 5) is 17.4. The third kappa shape index (κ3) is 3.91. The SMILES string of the molecule is C=CCn1cc(/C=N/c2sccc2C(=O)Nc2ccccc2C)c2ccccc21. The van der Waals surface area contributed by atoms with Gasteiger partial charge in [-0.05, 0) is 36.1 Å². The Hall–Kier alpha value is -3.44. The monoisotopic (exact) mass is 399 g/mol. The molecule has 4 aromatic rings. The minimum atomic E-state index is -0.151. The molecule has 2 aromatic heterocycles. The number of aryl methyl sites for hydroxylation is 1. The van der Waals surface area contributed by atoms with Crippen LogP contribution in [0, 0.1) is 6.92 Å². The average Bonchev–Trinajstić information content (AvgIpc) is 3.34. The van der Waals surface area contributed by atoms with Gasteiger partial charge in [0.1, 0.15) is 5.00 Å². The van der Waals surface area contributed by atoms with Crippen molar-refractivity contribution in [1.29, 1.82) is 0 Å². The topological polar surface area (TPSA) is 46.4 Å². The second-order valence-corrected chi connectivity index (χ2v) is 7.60. The molecule has 0 fully saturated rings. The maximum Gasteiger partial charge on any atom is 0.258 e. The minimum Gasteiger partial charge on any atom is -0.343 e. The van der Waals surface area contributed by atoms with Gasteiger partial charge in [-0.15, -0.1) is 17.9 Å². The highest BCUT2D eigenvalue weighted by Gasteiger charge is 2.14. The number of rotatable bonds is 6. The van der Waals surface area contributed by atoms with E-state index in [2.05, 4.69) is 39.8 Å². The van der Waals surface area contributed by atoms with E-state index in [-0.39, 0.29) is 5.91 Å². The van der Waals surface area contributed by atoms with Gasteiger partial charge >= 0.3 is 0 Å². The first-order valence-corrected chi connectivity index (χ1v) is 10.2. The van der Waals surface area contributed by atoms with Gasteiger partial charge in [0.2, 0.25) is 0 Å². The summed E-state index contributed by atoms with van der Waals surface area (Å²) in [7, 11) is 0. The van der Waals surface area contributed by atoms with Crippen molar-refractivity contribution < 1.29 is 4.79 Å². The maximum absolute atomic E-state index is 12.8. The van der Waals surface area contributed by atoms with Crippen molar-refractivity contribution in [3.8, 4) is 0 Å². The average molecular weight is 400 g/mol. The largest absolute Gasteiger partial charge is 0.343 e. The molecule has 0 spiro atoms. The number of fused-ring (bicyclic) bond motifs is 1. The number of hydrogen-bond acceptors (Lipinski definition) is 3. The number of carbonyl (C=O) groups excluding carboxylic acids is 1. The number of carbonyl (C=O) groups is 1. The van der Waals surface area contributed by atoms with Crippen molar-refractivity contribution in [2.75, 3.05) is 5.32 Å². The van der Waals surface area contributed by atoms with E-state index < -0.39 is 0 Å². The summed E-state index contributed by atoms with van der Waals surface area (Å²) in [6.07, 6.45) is 5.77. The fraction of sp³-hybridized carbons (Fsp3) is 0.0833. The first-order valence-electron chi connectivity index (χ1n) is 9.34. The maximum atomic E-state index is 12.8. The summed E-state index contributed by atoms with van der Waals surface area (Å²) < 4.78 is 2.14. The lowest BCUT2D eigenvalue weighted by atomic mass is 10.2. The molecular weight excluding hydrogens is 378 g/mol. The predicted octanol–water partition coefficient (Wildman–Crippen LogP) is 6.20. The van der Waals surface area contributed by atoms with Crippen LogP contribution < -0.4 is 5.32 Å². The first kappa shape index (κ1) is 18.9.